The number of hydrogen-bond acceptors (Lipinski definition) is 4. The zero-order valence-corrected chi connectivity index (χ0v) is 12.3. The van der Waals surface area contributed by atoms with Crippen LogP contribution in [0, 0.1) is 0 Å². The third-order valence-corrected chi connectivity index (χ3v) is 3.05. The van der Waals surface area contributed by atoms with Crippen molar-refractivity contribution in [2.24, 2.45) is 7.05 Å². The van der Waals surface area contributed by atoms with Crippen LogP contribution in [0.3, 0.4) is 0 Å². The Morgan fingerprint density at radius 2 is 2.00 bits per heavy atom. The van der Waals surface area contributed by atoms with Crippen LogP contribution in [0.2, 0.25) is 0 Å². The standard InChI is InChI=1S/C15H22N4O/c1-18(2)8-9-20-15-6-4-13(5-7-15)17-11-14-10-16-12-19(14)3/h4-7,10,12,17H,8-9,11H2,1-3H3. The number of aromatic nitrogens is 2. The fraction of sp³-hybridized carbons (Fsp3) is 0.400. The van der Waals surface area contributed by atoms with Crippen LogP contribution in [0.15, 0.2) is 36.8 Å². The molecule has 2 rings (SSSR count). The topological polar surface area (TPSA) is 42.3 Å². The van der Waals surface area contributed by atoms with E-state index in [4.69, 9.17) is 4.74 Å². The van der Waals surface area contributed by atoms with Gasteiger partial charge in [0.2, 0.25) is 0 Å². The number of likely N-dealkylation sites (N-methyl/N-ethyl adjacent to an activating group) is 1. The first-order chi connectivity index (χ1) is 9.65. The van der Waals surface area contributed by atoms with Crippen molar-refractivity contribution in [1.82, 2.24) is 14.5 Å². The van der Waals surface area contributed by atoms with Crippen LogP contribution in [0.5, 0.6) is 5.75 Å². The molecule has 0 unspecified atom stereocenters. The van der Waals surface area contributed by atoms with Crippen LogP contribution < -0.4 is 10.1 Å². The maximum absolute atomic E-state index is 5.66. The number of ether oxygens (including phenoxy) is 1. The van der Waals surface area contributed by atoms with E-state index in [2.05, 4.69) is 15.2 Å². The van der Waals surface area contributed by atoms with Gasteiger partial charge in [-0.1, -0.05) is 0 Å². The first kappa shape index (κ1) is 14.4. The number of imidazole rings is 1. The predicted molar refractivity (Wildman–Crippen MR) is 81.0 cm³/mol. The molecule has 2 aromatic rings. The van der Waals surface area contributed by atoms with Gasteiger partial charge in [-0.25, -0.2) is 4.98 Å². The second-order valence-corrected chi connectivity index (χ2v) is 5.03. The van der Waals surface area contributed by atoms with Crippen molar-refractivity contribution >= 4 is 5.69 Å². The average Bonchev–Trinajstić information content (AvgIpc) is 2.83. The van der Waals surface area contributed by atoms with Gasteiger partial charge in [0.05, 0.1) is 18.6 Å². The Hall–Kier alpha value is -2.01. The maximum Gasteiger partial charge on any atom is 0.119 e. The minimum atomic E-state index is 0.703. The maximum atomic E-state index is 5.66. The SMILES string of the molecule is CN(C)CCOc1ccc(NCc2cncn2C)cc1. The van der Waals surface area contributed by atoms with Crippen LogP contribution in [0.25, 0.3) is 0 Å². The Morgan fingerprint density at radius 3 is 2.60 bits per heavy atom. The molecule has 5 heteroatoms. The lowest BCUT2D eigenvalue weighted by molar-refractivity contribution is 0.261. The summed E-state index contributed by atoms with van der Waals surface area (Å²) in [6, 6.07) is 8.03. The van der Waals surface area contributed by atoms with E-state index < -0.39 is 0 Å². The summed E-state index contributed by atoms with van der Waals surface area (Å²) in [4.78, 5) is 6.20. The lowest BCUT2D eigenvalue weighted by atomic mass is 10.3. The number of anilines is 1. The van der Waals surface area contributed by atoms with Gasteiger partial charge >= 0.3 is 0 Å². The molecule has 0 amide bonds. The first-order valence-corrected chi connectivity index (χ1v) is 6.72. The molecule has 0 saturated carbocycles. The highest BCUT2D eigenvalue weighted by atomic mass is 16.5. The summed E-state index contributed by atoms with van der Waals surface area (Å²) in [5.74, 6) is 0.901. The average molecular weight is 274 g/mol. The summed E-state index contributed by atoms with van der Waals surface area (Å²) in [6.07, 6.45) is 3.67. The van der Waals surface area contributed by atoms with E-state index in [-0.39, 0.29) is 0 Å². The second kappa shape index (κ2) is 6.96. The van der Waals surface area contributed by atoms with E-state index in [1.54, 1.807) is 6.33 Å². The third kappa shape index (κ3) is 4.28. The molecule has 1 aromatic carbocycles. The molecular formula is C15H22N4O. The van der Waals surface area contributed by atoms with Crippen molar-refractivity contribution in [2.45, 2.75) is 6.54 Å². The predicted octanol–water partition coefficient (Wildman–Crippen LogP) is 1.97. The Bertz CT molecular complexity index is 519. The summed E-state index contributed by atoms with van der Waals surface area (Å²) in [5, 5.41) is 3.36. The van der Waals surface area contributed by atoms with E-state index in [0.717, 1.165) is 30.2 Å². The Labute approximate surface area is 120 Å². The van der Waals surface area contributed by atoms with Crippen molar-refractivity contribution in [3.63, 3.8) is 0 Å². The molecule has 1 heterocycles. The highest BCUT2D eigenvalue weighted by Crippen LogP contribution is 2.16. The Morgan fingerprint density at radius 1 is 1.25 bits per heavy atom. The van der Waals surface area contributed by atoms with Crippen molar-refractivity contribution < 1.29 is 4.74 Å². The third-order valence-electron chi connectivity index (χ3n) is 3.05. The van der Waals surface area contributed by atoms with E-state index in [0.29, 0.717) is 6.61 Å². The zero-order chi connectivity index (χ0) is 14.4. The first-order valence-electron chi connectivity index (χ1n) is 6.72. The van der Waals surface area contributed by atoms with Crippen LogP contribution in [-0.4, -0.2) is 41.7 Å². The molecule has 0 radical (unpaired) electrons. The van der Waals surface area contributed by atoms with Gasteiger partial charge in [0.1, 0.15) is 12.4 Å². The second-order valence-electron chi connectivity index (χ2n) is 5.03. The summed E-state index contributed by atoms with van der Waals surface area (Å²) < 4.78 is 7.66. The van der Waals surface area contributed by atoms with Gasteiger partial charge in [-0.15, -0.1) is 0 Å². The molecule has 108 valence electrons. The molecule has 0 fully saturated rings. The van der Waals surface area contributed by atoms with Gasteiger partial charge in [0.25, 0.3) is 0 Å². The molecule has 1 N–H and O–H groups in total. The highest BCUT2D eigenvalue weighted by molar-refractivity contribution is 5.46. The van der Waals surface area contributed by atoms with Gasteiger partial charge in [-0.2, -0.15) is 0 Å². The summed E-state index contributed by atoms with van der Waals surface area (Å²) in [6.45, 7) is 2.38. The normalized spacial score (nSPS) is 10.8. The molecule has 0 aliphatic carbocycles. The largest absolute Gasteiger partial charge is 0.492 e. The van der Waals surface area contributed by atoms with Crippen molar-refractivity contribution in [3.05, 3.63) is 42.5 Å². The fourth-order valence-electron chi connectivity index (χ4n) is 1.76. The van der Waals surface area contributed by atoms with E-state index >= 15 is 0 Å². The molecule has 0 saturated heterocycles. The molecule has 0 bridgehead atoms. The van der Waals surface area contributed by atoms with Gasteiger partial charge < -0.3 is 19.5 Å². The molecule has 0 aliphatic rings. The number of nitrogens with zero attached hydrogens (tertiary/aromatic N) is 3. The Kier molecular flexibility index (Phi) is 5.01. The van der Waals surface area contributed by atoms with Gasteiger partial charge in [0, 0.05) is 25.5 Å². The number of hydrogen-bond donors (Lipinski definition) is 1. The summed E-state index contributed by atoms with van der Waals surface area (Å²) in [7, 11) is 6.06. The van der Waals surface area contributed by atoms with Crippen LogP contribution >= 0.6 is 0 Å². The number of aryl methyl sites for hydroxylation is 1. The molecule has 0 spiro atoms. The molecule has 20 heavy (non-hydrogen) atoms. The lowest BCUT2D eigenvalue weighted by Gasteiger charge is -2.12. The van der Waals surface area contributed by atoms with E-state index in [1.165, 1.54) is 0 Å². The number of nitrogens with one attached hydrogen (secondary N) is 1. The molecule has 5 nitrogen and oxygen atoms in total. The summed E-state index contributed by atoms with van der Waals surface area (Å²) in [5.41, 5.74) is 2.22. The summed E-state index contributed by atoms with van der Waals surface area (Å²) >= 11 is 0. The van der Waals surface area contributed by atoms with Gasteiger partial charge in [-0.05, 0) is 38.4 Å². The molecular weight excluding hydrogens is 252 g/mol. The van der Waals surface area contributed by atoms with Gasteiger partial charge in [-0.3, -0.25) is 0 Å². The minimum Gasteiger partial charge on any atom is -0.492 e. The molecule has 0 aliphatic heterocycles. The van der Waals surface area contributed by atoms with E-state index in [9.17, 15) is 0 Å². The minimum absolute atomic E-state index is 0.703. The van der Waals surface area contributed by atoms with Crippen LogP contribution in [0.1, 0.15) is 5.69 Å². The number of rotatable bonds is 7. The van der Waals surface area contributed by atoms with Gasteiger partial charge in [0.15, 0.2) is 0 Å². The molecule has 0 atom stereocenters. The number of benzene rings is 1. The molecule has 1 aromatic heterocycles. The fourth-order valence-corrected chi connectivity index (χ4v) is 1.76. The van der Waals surface area contributed by atoms with E-state index in [1.807, 2.05) is 56.2 Å². The highest BCUT2D eigenvalue weighted by Gasteiger charge is 1.99. The smallest absolute Gasteiger partial charge is 0.119 e. The monoisotopic (exact) mass is 274 g/mol. The van der Waals surface area contributed by atoms with Crippen molar-refractivity contribution in [2.75, 3.05) is 32.6 Å². The zero-order valence-electron chi connectivity index (χ0n) is 12.3. The van der Waals surface area contributed by atoms with Crippen LogP contribution in [-0.2, 0) is 13.6 Å². The quantitative estimate of drug-likeness (QED) is 0.838. The van der Waals surface area contributed by atoms with Crippen molar-refractivity contribution in [1.29, 1.82) is 0 Å². The van der Waals surface area contributed by atoms with Crippen LogP contribution in [0.4, 0.5) is 5.69 Å². The lowest BCUT2D eigenvalue weighted by Crippen LogP contribution is -2.19. The Balaban J connectivity index is 1.81. The van der Waals surface area contributed by atoms with Crippen molar-refractivity contribution in [3.8, 4) is 5.75 Å².